The molecule has 4 rings (SSSR count). The fourth-order valence-corrected chi connectivity index (χ4v) is 3.03. The molecule has 1 amide bonds. The number of furan rings is 1. The Hall–Kier alpha value is -4.29. The number of aromatic nitrogens is 2. The largest absolute Gasteiger partial charge is 0.472 e. The number of halogens is 6. The van der Waals surface area contributed by atoms with E-state index in [1.54, 1.807) is 0 Å². The van der Waals surface area contributed by atoms with E-state index in [-0.39, 0.29) is 40.8 Å². The van der Waals surface area contributed by atoms with Gasteiger partial charge in [0.05, 0.1) is 29.5 Å². The van der Waals surface area contributed by atoms with Crippen LogP contribution in [0.1, 0.15) is 27.4 Å². The van der Waals surface area contributed by atoms with Gasteiger partial charge in [0.25, 0.3) is 5.91 Å². The molecule has 2 N–H and O–H groups in total. The molecule has 0 aliphatic heterocycles. The smallest absolute Gasteiger partial charge is 0.418 e. The monoisotopic (exact) mass is 496 g/mol. The number of nitrogens with zero attached hydrogens (tertiary/aromatic N) is 2. The SMILES string of the molecule is O=C(Nc1ccc(NCc2nc(-c3ccc(C(F)(F)F)cc3)no2)c(C(F)(F)F)c1)c1ccoc1. The molecular formula is C22H14F6N4O3. The molecule has 0 fully saturated rings. The molecule has 2 heterocycles. The Morgan fingerprint density at radius 1 is 0.943 bits per heavy atom. The maximum Gasteiger partial charge on any atom is 0.418 e. The van der Waals surface area contributed by atoms with Gasteiger partial charge in [0.15, 0.2) is 0 Å². The minimum atomic E-state index is -4.75. The van der Waals surface area contributed by atoms with Crippen molar-refractivity contribution in [2.45, 2.75) is 18.9 Å². The summed E-state index contributed by atoms with van der Waals surface area (Å²) in [5, 5.41) is 8.55. The summed E-state index contributed by atoms with van der Waals surface area (Å²) < 4.78 is 88.7. The quantitative estimate of drug-likeness (QED) is 0.308. The molecule has 2 aromatic carbocycles. The predicted molar refractivity (Wildman–Crippen MR) is 110 cm³/mol. The molecule has 0 unspecified atom stereocenters. The number of anilines is 2. The summed E-state index contributed by atoms with van der Waals surface area (Å²) in [6, 6.07) is 8.55. The highest BCUT2D eigenvalue weighted by atomic mass is 19.4. The third-order valence-corrected chi connectivity index (χ3v) is 4.73. The molecule has 0 aliphatic rings. The minimum absolute atomic E-state index is 0.0242. The number of hydrogen-bond acceptors (Lipinski definition) is 6. The van der Waals surface area contributed by atoms with Crippen molar-refractivity contribution in [2.75, 3.05) is 10.6 Å². The van der Waals surface area contributed by atoms with Crippen LogP contribution in [0.15, 0.2) is 70.0 Å². The zero-order chi connectivity index (χ0) is 25.2. The second-order valence-corrected chi connectivity index (χ2v) is 7.16. The zero-order valence-corrected chi connectivity index (χ0v) is 17.4. The lowest BCUT2D eigenvalue weighted by Gasteiger charge is -2.15. The maximum atomic E-state index is 13.6. The van der Waals surface area contributed by atoms with Crippen LogP contribution in [0.4, 0.5) is 37.7 Å². The van der Waals surface area contributed by atoms with Gasteiger partial charge in [-0.3, -0.25) is 4.79 Å². The Kier molecular flexibility index (Phi) is 6.24. The Morgan fingerprint density at radius 2 is 1.69 bits per heavy atom. The number of alkyl halides is 6. The molecule has 0 aliphatic carbocycles. The van der Waals surface area contributed by atoms with Gasteiger partial charge in [0, 0.05) is 16.9 Å². The van der Waals surface area contributed by atoms with E-state index in [9.17, 15) is 31.1 Å². The average Bonchev–Trinajstić information content (AvgIpc) is 3.50. The average molecular weight is 496 g/mol. The van der Waals surface area contributed by atoms with Crippen LogP contribution in [0.3, 0.4) is 0 Å². The number of carbonyl (C=O) groups excluding carboxylic acids is 1. The van der Waals surface area contributed by atoms with Crippen LogP contribution in [0.2, 0.25) is 0 Å². The van der Waals surface area contributed by atoms with E-state index in [4.69, 9.17) is 8.94 Å². The first-order valence-electron chi connectivity index (χ1n) is 9.79. The van der Waals surface area contributed by atoms with Crippen molar-refractivity contribution in [1.29, 1.82) is 0 Å². The Morgan fingerprint density at radius 3 is 2.31 bits per heavy atom. The molecule has 7 nitrogen and oxygen atoms in total. The lowest BCUT2D eigenvalue weighted by Crippen LogP contribution is -2.14. The third-order valence-electron chi connectivity index (χ3n) is 4.73. The topological polar surface area (TPSA) is 93.2 Å². The molecule has 0 saturated carbocycles. The van der Waals surface area contributed by atoms with Crippen LogP contribution < -0.4 is 10.6 Å². The first kappa shape index (κ1) is 23.9. The lowest BCUT2D eigenvalue weighted by molar-refractivity contribution is -0.138. The molecule has 35 heavy (non-hydrogen) atoms. The van der Waals surface area contributed by atoms with Crippen molar-refractivity contribution in [3.05, 3.63) is 83.6 Å². The molecule has 182 valence electrons. The van der Waals surface area contributed by atoms with Crippen molar-refractivity contribution in [3.63, 3.8) is 0 Å². The number of benzene rings is 2. The van der Waals surface area contributed by atoms with Crippen LogP contribution >= 0.6 is 0 Å². The Labute approximate surface area is 192 Å². The van der Waals surface area contributed by atoms with E-state index in [2.05, 4.69) is 20.8 Å². The van der Waals surface area contributed by atoms with Crippen molar-refractivity contribution in [2.24, 2.45) is 0 Å². The predicted octanol–water partition coefficient (Wildman–Crippen LogP) is 6.23. The fraction of sp³-hybridized carbons (Fsp3) is 0.136. The highest BCUT2D eigenvalue weighted by molar-refractivity contribution is 6.04. The van der Waals surface area contributed by atoms with E-state index in [1.165, 1.54) is 18.4 Å². The summed E-state index contributed by atoms with van der Waals surface area (Å²) in [6.07, 6.45) is -6.85. The van der Waals surface area contributed by atoms with Gasteiger partial charge in [-0.15, -0.1) is 0 Å². The molecule has 2 aromatic heterocycles. The number of rotatable bonds is 6. The van der Waals surface area contributed by atoms with Gasteiger partial charge in [-0.25, -0.2) is 0 Å². The summed E-state index contributed by atoms with van der Waals surface area (Å²) in [5.74, 6) is -0.761. The number of carbonyl (C=O) groups is 1. The molecular weight excluding hydrogens is 482 g/mol. The summed E-state index contributed by atoms with van der Waals surface area (Å²) >= 11 is 0. The van der Waals surface area contributed by atoms with Crippen molar-refractivity contribution < 1.29 is 40.1 Å². The standard InChI is InChI=1S/C22H14F6N4O3/c23-21(24,25)14-3-1-12(2-4-14)19-31-18(35-32-19)10-29-17-6-5-15(9-16(17)22(26,27)28)30-20(33)13-7-8-34-11-13/h1-9,11,29H,10H2,(H,30,33). The van der Waals surface area contributed by atoms with E-state index >= 15 is 0 Å². The van der Waals surface area contributed by atoms with Crippen LogP contribution in [0, 0.1) is 0 Å². The van der Waals surface area contributed by atoms with Gasteiger partial charge in [0.2, 0.25) is 11.7 Å². The van der Waals surface area contributed by atoms with Crippen LogP contribution in [-0.2, 0) is 18.9 Å². The van der Waals surface area contributed by atoms with Crippen LogP contribution in [0.25, 0.3) is 11.4 Å². The first-order valence-corrected chi connectivity index (χ1v) is 9.79. The first-order chi connectivity index (χ1) is 16.5. The van der Waals surface area contributed by atoms with Gasteiger partial charge < -0.3 is 19.6 Å². The molecule has 0 saturated heterocycles. The highest BCUT2D eigenvalue weighted by Crippen LogP contribution is 2.37. The Bertz CT molecular complexity index is 1310. The summed E-state index contributed by atoms with van der Waals surface area (Å²) in [6.45, 7) is -0.294. The van der Waals surface area contributed by atoms with E-state index in [0.717, 1.165) is 42.7 Å². The zero-order valence-electron chi connectivity index (χ0n) is 17.4. The molecule has 0 bridgehead atoms. The van der Waals surface area contributed by atoms with Crippen LogP contribution in [0.5, 0.6) is 0 Å². The molecule has 0 spiro atoms. The lowest BCUT2D eigenvalue weighted by atomic mass is 10.1. The minimum Gasteiger partial charge on any atom is -0.472 e. The maximum absolute atomic E-state index is 13.6. The molecule has 0 atom stereocenters. The van der Waals surface area contributed by atoms with E-state index < -0.39 is 29.4 Å². The summed E-state index contributed by atoms with van der Waals surface area (Å²) in [4.78, 5) is 16.1. The number of amides is 1. The van der Waals surface area contributed by atoms with Crippen molar-refractivity contribution >= 4 is 17.3 Å². The fourth-order valence-electron chi connectivity index (χ4n) is 3.03. The summed E-state index contributed by atoms with van der Waals surface area (Å²) in [7, 11) is 0. The van der Waals surface area contributed by atoms with Gasteiger partial charge in [0.1, 0.15) is 6.26 Å². The van der Waals surface area contributed by atoms with Crippen LogP contribution in [-0.4, -0.2) is 16.0 Å². The second kappa shape index (κ2) is 9.16. The summed E-state index contributed by atoms with van der Waals surface area (Å²) in [5.41, 5.74) is -1.92. The van der Waals surface area contributed by atoms with E-state index in [1.807, 2.05) is 0 Å². The molecule has 0 radical (unpaired) electrons. The van der Waals surface area contributed by atoms with Crippen molar-refractivity contribution in [1.82, 2.24) is 10.1 Å². The molecule has 13 heteroatoms. The highest BCUT2D eigenvalue weighted by Gasteiger charge is 2.34. The number of nitrogens with one attached hydrogen (secondary N) is 2. The molecule has 4 aromatic rings. The normalized spacial score (nSPS) is 11.9. The van der Waals surface area contributed by atoms with Gasteiger partial charge >= 0.3 is 12.4 Å². The Balaban J connectivity index is 1.47. The van der Waals surface area contributed by atoms with Gasteiger partial charge in [-0.1, -0.05) is 17.3 Å². The van der Waals surface area contributed by atoms with Gasteiger partial charge in [-0.05, 0) is 36.4 Å². The number of hydrogen-bond donors (Lipinski definition) is 2. The third kappa shape index (κ3) is 5.62. The second-order valence-electron chi connectivity index (χ2n) is 7.16. The van der Waals surface area contributed by atoms with E-state index in [0.29, 0.717) is 0 Å². The van der Waals surface area contributed by atoms with Gasteiger partial charge in [-0.2, -0.15) is 31.3 Å². The van der Waals surface area contributed by atoms with Crippen molar-refractivity contribution in [3.8, 4) is 11.4 Å².